The van der Waals surface area contributed by atoms with Gasteiger partial charge in [-0.3, -0.25) is 14.5 Å². The molecule has 1 saturated heterocycles. The number of aryl methyl sites for hydroxylation is 1. The summed E-state index contributed by atoms with van der Waals surface area (Å²) >= 11 is 0. The predicted octanol–water partition coefficient (Wildman–Crippen LogP) is 3.78. The summed E-state index contributed by atoms with van der Waals surface area (Å²) < 4.78 is 20.0. The number of rotatable bonds is 12. The average Bonchev–Trinajstić information content (AvgIpc) is 3.34. The predicted molar refractivity (Wildman–Crippen MR) is 167 cm³/mol. The minimum Gasteiger partial charge on any atom is -0.495 e. The molecule has 0 saturated carbocycles. The molecule has 3 heterocycles. The Labute approximate surface area is 254 Å². The van der Waals surface area contributed by atoms with Gasteiger partial charge in [0.1, 0.15) is 18.2 Å². The van der Waals surface area contributed by atoms with Crippen LogP contribution in [0.15, 0.2) is 48.8 Å². The van der Waals surface area contributed by atoms with Crippen molar-refractivity contribution >= 4 is 45.6 Å². The number of piperazine rings is 1. The van der Waals surface area contributed by atoms with E-state index >= 15 is 0 Å². The Morgan fingerprint density at radius 2 is 1.86 bits per heavy atom. The van der Waals surface area contributed by atoms with Gasteiger partial charge in [0.05, 0.1) is 36.0 Å². The Balaban J connectivity index is 1.32. The van der Waals surface area contributed by atoms with Gasteiger partial charge >= 0.3 is 0 Å². The van der Waals surface area contributed by atoms with E-state index < -0.39 is 6.67 Å². The number of amides is 1. The number of carbonyl (C=O) groups is 2. The van der Waals surface area contributed by atoms with Crippen molar-refractivity contribution in [3.05, 3.63) is 59.9 Å². The van der Waals surface area contributed by atoms with Gasteiger partial charge < -0.3 is 35.3 Å². The first-order chi connectivity index (χ1) is 21.3. The molecule has 2 aromatic heterocycles. The molecule has 44 heavy (non-hydrogen) atoms. The summed E-state index contributed by atoms with van der Waals surface area (Å²) in [5.74, 6) is 0.253. The highest BCUT2D eigenvalue weighted by molar-refractivity contribution is 6.03. The molecular weight excluding hydrogens is 567 g/mol. The van der Waals surface area contributed by atoms with E-state index in [0.717, 1.165) is 32.7 Å². The van der Waals surface area contributed by atoms with E-state index in [-0.39, 0.29) is 41.4 Å². The van der Waals surface area contributed by atoms with E-state index in [4.69, 9.17) is 4.74 Å². The number of fused-ring (bicyclic) bond motifs is 1. The number of aromatic hydroxyl groups is 1. The van der Waals surface area contributed by atoms with Crippen LogP contribution in [0, 0.1) is 0 Å². The molecule has 2 aromatic carbocycles. The number of halogens is 1. The van der Waals surface area contributed by atoms with E-state index in [1.54, 1.807) is 42.6 Å². The fourth-order valence-corrected chi connectivity index (χ4v) is 5.15. The van der Waals surface area contributed by atoms with Crippen molar-refractivity contribution in [1.82, 2.24) is 29.7 Å². The maximum Gasteiger partial charge on any atom is 0.251 e. The maximum atomic E-state index is 13.0. The van der Waals surface area contributed by atoms with E-state index in [0.29, 0.717) is 40.0 Å². The molecule has 0 radical (unpaired) electrons. The largest absolute Gasteiger partial charge is 0.495 e. The van der Waals surface area contributed by atoms with Crippen LogP contribution >= 0.6 is 0 Å². The van der Waals surface area contributed by atoms with Gasteiger partial charge in [-0.15, -0.1) is 0 Å². The lowest BCUT2D eigenvalue weighted by atomic mass is 10.1. The Morgan fingerprint density at radius 1 is 1.07 bits per heavy atom. The number of nitrogens with one attached hydrogen (secondary N) is 3. The Kier molecular flexibility index (Phi) is 9.56. The molecule has 0 bridgehead atoms. The van der Waals surface area contributed by atoms with Crippen molar-refractivity contribution in [2.45, 2.75) is 13.5 Å². The first-order valence-corrected chi connectivity index (χ1v) is 14.4. The number of anilines is 4. The molecule has 12 nitrogen and oxygen atoms in total. The van der Waals surface area contributed by atoms with Crippen LogP contribution in [0.25, 0.3) is 10.8 Å². The summed E-state index contributed by atoms with van der Waals surface area (Å²) in [5, 5.41) is 21.1. The van der Waals surface area contributed by atoms with Crippen LogP contribution in [0.5, 0.6) is 11.6 Å². The number of ketones is 1. The zero-order valence-electron chi connectivity index (χ0n) is 25.1. The van der Waals surface area contributed by atoms with Crippen molar-refractivity contribution < 1.29 is 23.8 Å². The van der Waals surface area contributed by atoms with Crippen molar-refractivity contribution in [1.29, 1.82) is 0 Å². The van der Waals surface area contributed by atoms with Gasteiger partial charge in [0, 0.05) is 62.6 Å². The molecule has 4 aromatic rings. The van der Waals surface area contributed by atoms with E-state index in [2.05, 4.69) is 42.8 Å². The minimum atomic E-state index is -0.626. The lowest BCUT2D eigenvalue weighted by Gasteiger charge is -2.32. The van der Waals surface area contributed by atoms with Gasteiger partial charge in [0.25, 0.3) is 5.91 Å². The number of hydrogen-bond donors (Lipinski definition) is 4. The number of alkyl halides is 1. The van der Waals surface area contributed by atoms with Crippen LogP contribution in [0.4, 0.5) is 27.5 Å². The van der Waals surface area contributed by atoms with Gasteiger partial charge in [-0.1, -0.05) is 12.1 Å². The molecule has 232 valence electrons. The number of aromatic nitrogens is 3. The first-order valence-electron chi connectivity index (χ1n) is 14.4. The number of hydrogen-bond acceptors (Lipinski definition) is 10. The van der Waals surface area contributed by atoms with Crippen molar-refractivity contribution in [2.75, 3.05) is 70.7 Å². The van der Waals surface area contributed by atoms with Crippen molar-refractivity contribution in [3.8, 4) is 11.6 Å². The second kappa shape index (κ2) is 13.7. The zero-order valence-corrected chi connectivity index (χ0v) is 25.1. The van der Waals surface area contributed by atoms with Crippen LogP contribution < -0.4 is 20.7 Å². The summed E-state index contributed by atoms with van der Waals surface area (Å²) in [4.78, 5) is 38.7. The topological polar surface area (TPSA) is 137 Å². The van der Waals surface area contributed by atoms with Gasteiger partial charge in [0.15, 0.2) is 5.78 Å². The van der Waals surface area contributed by atoms with Gasteiger partial charge in [0.2, 0.25) is 11.8 Å². The third-order valence-electron chi connectivity index (χ3n) is 7.65. The highest BCUT2D eigenvalue weighted by Gasteiger charge is 2.18. The molecule has 0 spiro atoms. The molecule has 13 heteroatoms. The van der Waals surface area contributed by atoms with Gasteiger partial charge in [-0.05, 0) is 38.2 Å². The molecule has 1 amide bonds. The van der Waals surface area contributed by atoms with Crippen LogP contribution in [-0.2, 0) is 6.54 Å². The van der Waals surface area contributed by atoms with Gasteiger partial charge in [-0.25, -0.2) is 9.37 Å². The van der Waals surface area contributed by atoms with Crippen LogP contribution in [0.1, 0.15) is 27.6 Å². The molecule has 1 aliphatic rings. The number of Topliss-reactive ketones (excluding diaryl/α,β-unsaturated/α-hetero) is 1. The normalized spacial score (nSPS) is 14.0. The third kappa shape index (κ3) is 6.90. The van der Waals surface area contributed by atoms with Crippen molar-refractivity contribution in [2.24, 2.45) is 0 Å². The number of likely N-dealkylation sites (N-methyl/N-ethyl adjacent to an activating group) is 1. The first kappa shape index (κ1) is 30.7. The number of carbonyl (C=O) groups excluding carboxylic acids is 2. The maximum absolute atomic E-state index is 13.0. The number of methoxy groups -OCH3 is 1. The molecule has 0 unspecified atom stereocenters. The fraction of sp³-hybridized carbons (Fsp3) is 0.355. The number of nitrogens with zero attached hydrogens (tertiary/aromatic N) is 5. The van der Waals surface area contributed by atoms with E-state index in [1.807, 2.05) is 0 Å². The minimum absolute atomic E-state index is 0.0130. The Morgan fingerprint density at radius 3 is 2.59 bits per heavy atom. The molecular formula is C31H37FN8O4. The summed E-state index contributed by atoms with van der Waals surface area (Å²) in [6.07, 6.45) is 3.07. The quantitative estimate of drug-likeness (QED) is 0.177. The summed E-state index contributed by atoms with van der Waals surface area (Å²) in [6.45, 7) is 6.14. The molecule has 0 aliphatic carbocycles. The molecule has 1 aliphatic heterocycles. The smallest absolute Gasteiger partial charge is 0.251 e. The monoisotopic (exact) mass is 604 g/mol. The molecule has 4 N–H and O–H groups in total. The summed E-state index contributed by atoms with van der Waals surface area (Å²) in [5.41, 5.74) is 1.70. The summed E-state index contributed by atoms with van der Waals surface area (Å²) in [7, 11) is 3.61. The molecule has 5 rings (SSSR count). The second-order valence-electron chi connectivity index (χ2n) is 10.7. The van der Waals surface area contributed by atoms with Crippen LogP contribution in [0.2, 0.25) is 0 Å². The average molecular weight is 605 g/mol. The van der Waals surface area contributed by atoms with Crippen LogP contribution in [0.3, 0.4) is 0 Å². The zero-order chi connectivity index (χ0) is 31.2. The Bertz CT molecular complexity index is 1650. The second-order valence-corrected chi connectivity index (χ2v) is 10.7. The summed E-state index contributed by atoms with van der Waals surface area (Å²) in [6, 6.07) is 10.4. The lowest BCUT2D eigenvalue weighted by molar-refractivity contribution is 0.0940. The highest BCUT2D eigenvalue weighted by atomic mass is 19.1. The Hall–Kier alpha value is -4.75. The third-order valence-corrected chi connectivity index (χ3v) is 7.65. The SMILES string of the molecule is COc1cc(C(=O)NCCN2CCN(C)CC2)ccc1Nc1ncc(C(C)=O)c(Nc2cccc3cn(CCF)c(O)c23)n1. The van der Waals surface area contributed by atoms with Crippen LogP contribution in [-0.4, -0.2) is 101 Å². The standard InChI is InChI=1S/C31H37FN8O4/c1-20(41)23-18-34-31(37-28(23)35-25-6-4-5-22-19-40(11-9-32)30(43)27(22)25)36-24-8-7-21(17-26(24)44-3)29(42)33-10-12-39-15-13-38(2)14-16-39/h4-8,17-19,43H,9-16H2,1-3H3,(H,33,42)(H2,34,35,36,37). The molecule has 0 atom stereocenters. The van der Waals surface area contributed by atoms with E-state index in [1.165, 1.54) is 24.8 Å². The number of ether oxygens (including phenoxy) is 1. The van der Waals surface area contributed by atoms with Gasteiger partial charge in [-0.2, -0.15) is 4.98 Å². The van der Waals surface area contributed by atoms with E-state index in [9.17, 15) is 19.1 Å². The lowest BCUT2D eigenvalue weighted by Crippen LogP contribution is -2.46. The number of benzene rings is 2. The molecule has 1 fully saturated rings. The van der Waals surface area contributed by atoms with Crippen molar-refractivity contribution in [3.63, 3.8) is 0 Å². The highest BCUT2D eigenvalue weighted by Crippen LogP contribution is 2.36. The fourth-order valence-electron chi connectivity index (χ4n) is 5.15.